The zero-order valence-corrected chi connectivity index (χ0v) is 13.6. The second-order valence-electron chi connectivity index (χ2n) is 5.86. The lowest BCUT2D eigenvalue weighted by Crippen LogP contribution is -2.12. The maximum Gasteiger partial charge on any atom is 0.349 e. The van der Waals surface area contributed by atoms with Gasteiger partial charge in [-0.25, -0.2) is 4.79 Å². The van der Waals surface area contributed by atoms with Crippen molar-refractivity contribution in [3.63, 3.8) is 0 Å². The van der Waals surface area contributed by atoms with Crippen molar-refractivity contribution in [2.24, 2.45) is 0 Å². The van der Waals surface area contributed by atoms with Crippen molar-refractivity contribution in [1.82, 2.24) is 0 Å². The van der Waals surface area contributed by atoms with Gasteiger partial charge in [0.25, 0.3) is 0 Å². The Morgan fingerprint density at radius 1 is 1.04 bits per heavy atom. The fourth-order valence-corrected chi connectivity index (χ4v) is 2.76. The molecule has 3 heteroatoms. The molecule has 3 aromatic rings. The van der Waals surface area contributed by atoms with Crippen LogP contribution in [-0.2, 0) is 9.53 Å². The molecule has 0 saturated carbocycles. The largest absolute Gasteiger partial charge is 0.459 e. The van der Waals surface area contributed by atoms with Gasteiger partial charge in [-0.3, -0.25) is 0 Å². The molecule has 3 rings (SSSR count). The Bertz CT molecular complexity index is 940. The van der Waals surface area contributed by atoms with E-state index in [0.29, 0.717) is 0 Å². The van der Waals surface area contributed by atoms with Gasteiger partial charge in [0.15, 0.2) is 0 Å². The van der Waals surface area contributed by atoms with Crippen molar-refractivity contribution in [3.8, 4) is 6.07 Å². The molecule has 0 aliphatic rings. The monoisotopic (exact) mass is 315 g/mol. The molecule has 0 amide bonds. The highest BCUT2D eigenvalue weighted by atomic mass is 16.5. The van der Waals surface area contributed by atoms with Crippen LogP contribution in [0.3, 0.4) is 0 Å². The standard InChI is InChI=1S/C21H17NO2/c1-14(2)24-21(23)17(13-22)12-20-18-9-5-3-7-15(18)11-16-8-4-6-10-19(16)20/h3-12,14H,1-2H3/b17-12+. The Balaban J connectivity index is 2.28. The van der Waals surface area contributed by atoms with Crippen LogP contribution in [0.5, 0.6) is 0 Å². The lowest BCUT2D eigenvalue weighted by molar-refractivity contribution is -0.142. The number of benzene rings is 3. The molecule has 0 aliphatic carbocycles. The molecule has 0 unspecified atom stereocenters. The van der Waals surface area contributed by atoms with Crippen LogP contribution >= 0.6 is 0 Å². The number of hydrogen-bond donors (Lipinski definition) is 0. The molecule has 0 saturated heterocycles. The van der Waals surface area contributed by atoms with Gasteiger partial charge in [-0.05, 0) is 53.1 Å². The van der Waals surface area contributed by atoms with Crippen LogP contribution in [0, 0.1) is 11.3 Å². The van der Waals surface area contributed by atoms with Crippen LogP contribution in [0.2, 0.25) is 0 Å². The van der Waals surface area contributed by atoms with E-state index in [1.54, 1.807) is 19.9 Å². The third-order valence-corrected chi connectivity index (χ3v) is 3.78. The summed E-state index contributed by atoms with van der Waals surface area (Å²) in [4.78, 5) is 12.1. The van der Waals surface area contributed by atoms with Gasteiger partial charge in [-0.15, -0.1) is 0 Å². The summed E-state index contributed by atoms with van der Waals surface area (Å²) in [5, 5.41) is 13.5. The van der Waals surface area contributed by atoms with Crippen molar-refractivity contribution in [2.45, 2.75) is 20.0 Å². The zero-order valence-electron chi connectivity index (χ0n) is 13.6. The van der Waals surface area contributed by atoms with Crippen LogP contribution in [0.15, 0.2) is 60.2 Å². The number of ether oxygens (including phenoxy) is 1. The Kier molecular flexibility index (Phi) is 4.31. The highest BCUT2D eigenvalue weighted by Gasteiger charge is 2.14. The maximum atomic E-state index is 12.1. The summed E-state index contributed by atoms with van der Waals surface area (Å²) in [7, 11) is 0. The quantitative estimate of drug-likeness (QED) is 0.300. The van der Waals surface area contributed by atoms with E-state index in [-0.39, 0.29) is 11.7 Å². The SMILES string of the molecule is CC(C)OC(=O)/C(C#N)=C/c1c2ccccc2cc2ccccc12. The average Bonchev–Trinajstić information content (AvgIpc) is 2.57. The summed E-state index contributed by atoms with van der Waals surface area (Å²) in [6.07, 6.45) is 1.37. The topological polar surface area (TPSA) is 50.1 Å². The minimum absolute atomic E-state index is 0.00482. The maximum absolute atomic E-state index is 12.1. The molecule has 24 heavy (non-hydrogen) atoms. The lowest BCUT2D eigenvalue weighted by atomic mass is 9.95. The summed E-state index contributed by atoms with van der Waals surface area (Å²) in [6.45, 7) is 3.53. The van der Waals surface area contributed by atoms with E-state index in [1.165, 1.54) is 0 Å². The molecule has 0 bridgehead atoms. The molecule has 3 nitrogen and oxygen atoms in total. The zero-order chi connectivity index (χ0) is 17.1. The molecule has 0 atom stereocenters. The second kappa shape index (κ2) is 6.55. The predicted molar refractivity (Wildman–Crippen MR) is 96.3 cm³/mol. The highest BCUT2D eigenvalue weighted by molar-refractivity contribution is 6.10. The number of carbonyl (C=O) groups excluding carboxylic acids is 1. The summed E-state index contributed by atoms with van der Waals surface area (Å²) in [6, 6.07) is 20.0. The number of fused-ring (bicyclic) bond motifs is 2. The number of hydrogen-bond acceptors (Lipinski definition) is 3. The molecule has 0 radical (unpaired) electrons. The minimum atomic E-state index is -0.593. The van der Waals surface area contributed by atoms with Gasteiger partial charge in [0, 0.05) is 0 Å². The number of carbonyl (C=O) groups is 1. The van der Waals surface area contributed by atoms with E-state index in [1.807, 2.05) is 54.6 Å². The number of nitriles is 1. The first-order valence-electron chi connectivity index (χ1n) is 7.83. The van der Waals surface area contributed by atoms with Crippen molar-refractivity contribution in [1.29, 1.82) is 5.26 Å². The molecule has 0 aliphatic heterocycles. The Labute approximate surface area is 140 Å². The van der Waals surface area contributed by atoms with Gasteiger partial charge < -0.3 is 4.74 Å². The molecule has 0 fully saturated rings. The first kappa shape index (κ1) is 15.8. The van der Waals surface area contributed by atoms with Crippen molar-refractivity contribution in [3.05, 3.63) is 65.7 Å². The average molecular weight is 315 g/mol. The lowest BCUT2D eigenvalue weighted by Gasteiger charge is -2.10. The van der Waals surface area contributed by atoms with Crippen molar-refractivity contribution in [2.75, 3.05) is 0 Å². The molecule has 0 spiro atoms. The number of rotatable bonds is 3. The van der Waals surface area contributed by atoms with Gasteiger partial charge in [0.05, 0.1) is 6.10 Å². The smallest absolute Gasteiger partial charge is 0.349 e. The minimum Gasteiger partial charge on any atom is -0.459 e. The molecule has 0 heterocycles. The first-order valence-corrected chi connectivity index (χ1v) is 7.83. The summed E-state index contributed by atoms with van der Waals surface area (Å²) in [5.74, 6) is -0.593. The number of esters is 1. The Hall–Kier alpha value is -3.12. The van der Waals surface area contributed by atoms with E-state index in [4.69, 9.17) is 4.74 Å². The fourth-order valence-electron chi connectivity index (χ4n) is 2.76. The van der Waals surface area contributed by atoms with E-state index in [0.717, 1.165) is 27.1 Å². The van der Waals surface area contributed by atoms with Gasteiger partial charge in [0.2, 0.25) is 0 Å². The van der Waals surface area contributed by atoms with Gasteiger partial charge >= 0.3 is 5.97 Å². The van der Waals surface area contributed by atoms with E-state index < -0.39 is 5.97 Å². The third kappa shape index (κ3) is 3.00. The summed E-state index contributed by atoms with van der Waals surface area (Å²) >= 11 is 0. The van der Waals surface area contributed by atoms with E-state index >= 15 is 0 Å². The highest BCUT2D eigenvalue weighted by Crippen LogP contribution is 2.30. The van der Waals surface area contributed by atoms with Crippen LogP contribution < -0.4 is 0 Å². The Morgan fingerprint density at radius 3 is 2.08 bits per heavy atom. The van der Waals surface area contributed by atoms with E-state index in [9.17, 15) is 10.1 Å². The van der Waals surface area contributed by atoms with Crippen molar-refractivity contribution < 1.29 is 9.53 Å². The summed E-state index contributed by atoms with van der Waals surface area (Å²) in [5.41, 5.74) is 0.867. The third-order valence-electron chi connectivity index (χ3n) is 3.78. The Morgan fingerprint density at radius 2 is 1.58 bits per heavy atom. The fraction of sp³-hybridized carbons (Fsp3) is 0.143. The van der Waals surface area contributed by atoms with Crippen LogP contribution in [-0.4, -0.2) is 12.1 Å². The molecule has 0 N–H and O–H groups in total. The van der Waals surface area contributed by atoms with Gasteiger partial charge in [-0.2, -0.15) is 5.26 Å². The van der Waals surface area contributed by atoms with Crippen molar-refractivity contribution >= 4 is 33.6 Å². The molecule has 3 aromatic carbocycles. The predicted octanol–water partition coefficient (Wildman–Crippen LogP) is 4.85. The normalized spacial score (nSPS) is 11.7. The van der Waals surface area contributed by atoms with Crippen LogP contribution in [0.25, 0.3) is 27.6 Å². The first-order chi connectivity index (χ1) is 11.6. The molecular weight excluding hydrogens is 298 g/mol. The summed E-state index contributed by atoms with van der Waals surface area (Å²) < 4.78 is 5.17. The molecule has 0 aromatic heterocycles. The molecular formula is C21H17NO2. The van der Waals surface area contributed by atoms with Gasteiger partial charge in [-0.1, -0.05) is 48.5 Å². The second-order valence-corrected chi connectivity index (χ2v) is 5.86. The van der Waals surface area contributed by atoms with Crippen LogP contribution in [0.1, 0.15) is 19.4 Å². The number of nitrogens with zero attached hydrogens (tertiary/aromatic N) is 1. The molecule has 118 valence electrons. The van der Waals surface area contributed by atoms with E-state index in [2.05, 4.69) is 6.07 Å². The van der Waals surface area contributed by atoms with Gasteiger partial charge in [0.1, 0.15) is 11.6 Å². The van der Waals surface area contributed by atoms with Crippen LogP contribution in [0.4, 0.5) is 0 Å².